The fourth-order valence-electron chi connectivity index (χ4n) is 7.91. The van der Waals surface area contributed by atoms with Gasteiger partial charge < -0.3 is 21.3 Å². The minimum absolute atomic E-state index is 0.0729. The molecule has 2 aromatic heterocycles. The Hall–Kier alpha value is -4.83. The zero-order chi connectivity index (χ0) is 35.1. The second kappa shape index (κ2) is 14.1. The lowest BCUT2D eigenvalue weighted by Gasteiger charge is -2.16. The van der Waals surface area contributed by atoms with Gasteiger partial charge in [0.15, 0.2) is 0 Å². The van der Waals surface area contributed by atoms with Gasteiger partial charge in [0.2, 0.25) is 11.8 Å². The molecule has 2 aliphatic heterocycles. The van der Waals surface area contributed by atoms with Crippen molar-refractivity contribution in [3.05, 3.63) is 117 Å². The highest BCUT2D eigenvalue weighted by Gasteiger charge is 2.28. The summed E-state index contributed by atoms with van der Waals surface area (Å²) in [5.41, 5.74) is 10.6. The number of benzene rings is 3. The normalized spacial score (nSPS) is 19.7. The van der Waals surface area contributed by atoms with E-state index >= 15 is 0 Å². The van der Waals surface area contributed by atoms with Crippen LogP contribution in [0.3, 0.4) is 0 Å². The Kier molecular flexibility index (Phi) is 9.19. The Bertz CT molecular complexity index is 2230. The first-order chi connectivity index (χ1) is 24.8. The second-order valence-corrected chi connectivity index (χ2v) is 14.4. The number of fused-ring (bicyclic) bond motifs is 2. The number of halogens is 1. The van der Waals surface area contributed by atoms with E-state index in [4.69, 9.17) is 11.6 Å². The number of nitrogens with one attached hydrogen (secondary N) is 4. The van der Waals surface area contributed by atoms with Gasteiger partial charge in [-0.15, -0.1) is 0 Å². The van der Waals surface area contributed by atoms with E-state index in [1.165, 1.54) is 11.1 Å². The van der Waals surface area contributed by atoms with E-state index in [0.29, 0.717) is 35.7 Å². The molecule has 0 radical (unpaired) electrons. The highest BCUT2D eigenvalue weighted by atomic mass is 35.5. The first-order valence-electron chi connectivity index (χ1n) is 17.9. The number of carbonyl (C=O) groups is 2. The van der Waals surface area contributed by atoms with E-state index in [1.54, 1.807) is 16.8 Å². The molecule has 8 rings (SSSR count). The Morgan fingerprint density at radius 2 is 1.73 bits per heavy atom. The number of hydrogen-bond donors (Lipinski definition) is 4. The molecule has 4 N–H and O–H groups in total. The second-order valence-electron chi connectivity index (χ2n) is 14.1. The maximum absolute atomic E-state index is 13.3. The lowest BCUT2D eigenvalue weighted by atomic mass is 9.91. The summed E-state index contributed by atoms with van der Waals surface area (Å²) in [6.45, 7) is 4.00. The molecule has 2 amide bonds. The summed E-state index contributed by atoms with van der Waals surface area (Å²) in [6.07, 6.45) is 8.38. The molecule has 0 bridgehead atoms. The number of nitrogens with zero attached hydrogens (tertiary/aromatic N) is 2. The van der Waals surface area contributed by atoms with Crippen molar-refractivity contribution >= 4 is 29.1 Å². The number of hydrogen-bond acceptors (Lipinski definition) is 6. The van der Waals surface area contributed by atoms with Crippen molar-refractivity contribution in [2.45, 2.75) is 70.1 Å². The van der Waals surface area contributed by atoms with E-state index < -0.39 is 0 Å². The topological polar surface area (TPSA) is 117 Å². The monoisotopic (exact) mass is 700 g/mol. The molecular formula is C41H41ClN6O3. The van der Waals surface area contributed by atoms with Crippen molar-refractivity contribution in [2.24, 2.45) is 0 Å². The van der Waals surface area contributed by atoms with E-state index in [-0.39, 0.29) is 35.5 Å². The average Bonchev–Trinajstić information content (AvgIpc) is 3.91. The minimum atomic E-state index is -0.114. The maximum Gasteiger partial charge on any atom is 0.262 e. The molecule has 0 unspecified atom stereocenters. The highest BCUT2D eigenvalue weighted by Crippen LogP contribution is 2.41. The van der Waals surface area contributed by atoms with Gasteiger partial charge in [-0.05, 0) is 96.6 Å². The van der Waals surface area contributed by atoms with Crippen molar-refractivity contribution in [3.63, 3.8) is 0 Å². The van der Waals surface area contributed by atoms with Gasteiger partial charge in [0.1, 0.15) is 5.65 Å². The summed E-state index contributed by atoms with van der Waals surface area (Å²) in [5.74, 6) is 0.186. The SMILES string of the molecule is Cc1c(-c2ccn3c(=O)c(CNC[C@@H]4CCC(=O)N4)cnc3c2)cccc1-c1cccc(-c2ccc3c(c2)C[C@H](NC(=O)[C@@H]2CCCN2)C3)c1Cl. The molecule has 3 aromatic carbocycles. The fourth-order valence-corrected chi connectivity index (χ4v) is 8.25. The molecule has 1 aliphatic carbocycles. The predicted octanol–water partition coefficient (Wildman–Crippen LogP) is 5.36. The van der Waals surface area contributed by atoms with E-state index in [1.807, 2.05) is 18.2 Å². The van der Waals surface area contributed by atoms with Crippen LogP contribution in [-0.2, 0) is 29.0 Å². The molecule has 0 spiro atoms. The highest BCUT2D eigenvalue weighted by molar-refractivity contribution is 6.36. The van der Waals surface area contributed by atoms with Gasteiger partial charge in [-0.1, -0.05) is 66.2 Å². The van der Waals surface area contributed by atoms with Gasteiger partial charge in [0.05, 0.1) is 11.1 Å². The smallest absolute Gasteiger partial charge is 0.262 e. The van der Waals surface area contributed by atoms with E-state index in [0.717, 1.165) is 77.6 Å². The summed E-state index contributed by atoms with van der Waals surface area (Å²) in [7, 11) is 0. The zero-order valence-corrected chi connectivity index (χ0v) is 29.4. The third kappa shape index (κ3) is 6.69. The number of aromatic nitrogens is 2. The molecule has 10 heteroatoms. The largest absolute Gasteiger partial charge is 0.352 e. The molecule has 51 heavy (non-hydrogen) atoms. The predicted molar refractivity (Wildman–Crippen MR) is 201 cm³/mol. The van der Waals surface area contributed by atoms with Crippen LogP contribution < -0.4 is 26.8 Å². The molecular weight excluding hydrogens is 660 g/mol. The lowest BCUT2D eigenvalue weighted by Crippen LogP contribution is -2.45. The molecule has 260 valence electrons. The van der Waals surface area contributed by atoms with E-state index in [2.05, 4.69) is 81.7 Å². The Balaban J connectivity index is 1.01. The molecule has 2 saturated heterocycles. The first-order valence-corrected chi connectivity index (χ1v) is 18.3. The zero-order valence-electron chi connectivity index (χ0n) is 28.6. The van der Waals surface area contributed by atoms with Crippen LogP contribution in [0.1, 0.15) is 47.9 Å². The molecule has 9 nitrogen and oxygen atoms in total. The molecule has 4 heterocycles. The standard InChI is InChI=1S/C41H41ClN6O3/c1-24-32(27-14-16-48-37(20-27)45-22-29(41(48)51)21-43-23-30-12-13-38(49)46-30)5-2-6-33(24)35-8-3-7-34(39(35)42)26-11-10-25-18-31(19-28(25)17-26)47-40(50)36-9-4-15-44-36/h2-3,5-8,10-11,14,16-17,20,22,30-31,36,43-44H,4,9,12-13,15,18-19,21,23H2,1H3,(H,46,49)(H,47,50)/t30-,31+,36-/m0/s1. The van der Waals surface area contributed by atoms with Gasteiger partial charge in [-0.25, -0.2) is 4.98 Å². The fraction of sp³-hybridized carbons (Fsp3) is 0.317. The Morgan fingerprint density at radius 1 is 0.941 bits per heavy atom. The van der Waals surface area contributed by atoms with Crippen molar-refractivity contribution in [1.82, 2.24) is 30.7 Å². The average molecular weight is 701 g/mol. The van der Waals surface area contributed by atoms with Gasteiger partial charge in [-0.3, -0.25) is 18.8 Å². The number of carbonyl (C=O) groups excluding carboxylic acids is 2. The quantitative estimate of drug-likeness (QED) is 0.165. The molecule has 3 atom stereocenters. The van der Waals surface area contributed by atoms with Crippen LogP contribution in [0.15, 0.2) is 83.9 Å². The summed E-state index contributed by atoms with van der Waals surface area (Å²) >= 11 is 7.22. The van der Waals surface area contributed by atoms with Gasteiger partial charge in [0, 0.05) is 60.7 Å². The van der Waals surface area contributed by atoms with Gasteiger partial charge in [0.25, 0.3) is 5.56 Å². The van der Waals surface area contributed by atoms with Crippen molar-refractivity contribution in [2.75, 3.05) is 13.1 Å². The van der Waals surface area contributed by atoms with Gasteiger partial charge in [-0.2, -0.15) is 0 Å². The summed E-state index contributed by atoms with van der Waals surface area (Å²) in [5, 5.41) is 13.5. The third-order valence-electron chi connectivity index (χ3n) is 10.7. The van der Waals surface area contributed by atoms with Crippen LogP contribution in [0.4, 0.5) is 0 Å². The van der Waals surface area contributed by atoms with Crippen LogP contribution in [-0.4, -0.2) is 52.4 Å². The molecule has 3 aliphatic rings. The van der Waals surface area contributed by atoms with Crippen molar-refractivity contribution in [3.8, 4) is 33.4 Å². The Morgan fingerprint density at radius 3 is 2.53 bits per heavy atom. The number of rotatable bonds is 9. The molecule has 0 saturated carbocycles. The van der Waals surface area contributed by atoms with Crippen LogP contribution >= 0.6 is 11.6 Å². The van der Waals surface area contributed by atoms with E-state index in [9.17, 15) is 14.4 Å². The molecule has 2 fully saturated rings. The van der Waals surface area contributed by atoms with Crippen LogP contribution in [0.5, 0.6) is 0 Å². The molecule has 5 aromatic rings. The summed E-state index contributed by atoms with van der Waals surface area (Å²) in [4.78, 5) is 42.1. The first kappa shape index (κ1) is 33.3. The maximum atomic E-state index is 13.3. The summed E-state index contributed by atoms with van der Waals surface area (Å²) < 4.78 is 1.58. The van der Waals surface area contributed by atoms with Crippen LogP contribution in [0.25, 0.3) is 39.0 Å². The third-order valence-corrected chi connectivity index (χ3v) is 11.1. The summed E-state index contributed by atoms with van der Waals surface area (Å²) in [6, 6.07) is 23.0. The van der Waals surface area contributed by atoms with Crippen molar-refractivity contribution in [1.29, 1.82) is 0 Å². The number of amides is 2. The van der Waals surface area contributed by atoms with Crippen molar-refractivity contribution < 1.29 is 9.59 Å². The lowest BCUT2D eigenvalue weighted by molar-refractivity contribution is -0.123. The van der Waals surface area contributed by atoms with Crippen LogP contribution in [0, 0.1) is 6.92 Å². The minimum Gasteiger partial charge on any atom is -0.352 e. The number of pyridine rings is 1. The van der Waals surface area contributed by atoms with Crippen LogP contribution in [0.2, 0.25) is 5.02 Å². The van der Waals surface area contributed by atoms with Gasteiger partial charge >= 0.3 is 0 Å². The Labute approximate surface area is 301 Å².